The lowest BCUT2D eigenvalue weighted by atomic mass is 9.97. The van der Waals surface area contributed by atoms with Crippen LogP contribution in [0.2, 0.25) is 0 Å². The fourth-order valence-electron chi connectivity index (χ4n) is 2.90. The maximum Gasteiger partial charge on any atom is 0.244 e. The lowest BCUT2D eigenvalue weighted by Gasteiger charge is -2.20. The fourth-order valence-corrected chi connectivity index (χ4v) is 3.63. The lowest BCUT2D eigenvalue weighted by Crippen LogP contribution is -2.34. The van der Waals surface area contributed by atoms with Crippen LogP contribution in [0, 0.1) is 0 Å². The van der Waals surface area contributed by atoms with Crippen molar-refractivity contribution in [2.24, 2.45) is 0 Å². The molecular formula is C18H26N2O3S. The molecule has 0 radical (unpaired) electrons. The summed E-state index contributed by atoms with van der Waals surface area (Å²) in [4.78, 5) is 12.3. The Labute approximate surface area is 144 Å². The first-order valence-electron chi connectivity index (χ1n) is 8.53. The SMILES string of the molecule is CNS(=O)(=O)c1ccc(/C=C/C(=O)NC2CCCCCCC2)cc1. The number of hydrogen-bond donors (Lipinski definition) is 2. The third-order valence-corrected chi connectivity index (χ3v) is 5.77. The average Bonchev–Trinajstić information content (AvgIpc) is 2.56. The van der Waals surface area contributed by atoms with E-state index < -0.39 is 10.0 Å². The van der Waals surface area contributed by atoms with Gasteiger partial charge in [-0.15, -0.1) is 0 Å². The van der Waals surface area contributed by atoms with Crippen LogP contribution in [0.5, 0.6) is 0 Å². The van der Waals surface area contributed by atoms with Gasteiger partial charge in [-0.2, -0.15) is 0 Å². The number of carbonyl (C=O) groups excluding carboxylic acids is 1. The van der Waals surface area contributed by atoms with Gasteiger partial charge in [0.05, 0.1) is 4.90 Å². The quantitative estimate of drug-likeness (QED) is 0.802. The second-order valence-corrected chi connectivity index (χ2v) is 8.05. The topological polar surface area (TPSA) is 75.3 Å². The molecule has 0 spiro atoms. The molecule has 0 atom stereocenters. The highest BCUT2D eigenvalue weighted by Crippen LogP contribution is 2.17. The van der Waals surface area contributed by atoms with Crippen LogP contribution in [-0.2, 0) is 14.8 Å². The van der Waals surface area contributed by atoms with Crippen molar-refractivity contribution in [1.29, 1.82) is 0 Å². The Morgan fingerprint density at radius 2 is 1.62 bits per heavy atom. The van der Waals surface area contributed by atoms with Gasteiger partial charge in [-0.25, -0.2) is 13.1 Å². The predicted octanol–water partition coefficient (Wildman–Crippen LogP) is 2.84. The van der Waals surface area contributed by atoms with E-state index in [0.29, 0.717) is 0 Å². The highest BCUT2D eigenvalue weighted by atomic mass is 32.2. The first-order valence-corrected chi connectivity index (χ1v) is 10.0. The van der Waals surface area contributed by atoms with Gasteiger partial charge in [0.15, 0.2) is 0 Å². The van der Waals surface area contributed by atoms with E-state index in [2.05, 4.69) is 10.0 Å². The number of amides is 1. The maximum atomic E-state index is 12.1. The summed E-state index contributed by atoms with van der Waals surface area (Å²) in [5.74, 6) is -0.0903. The number of carbonyl (C=O) groups is 1. The van der Waals surface area contributed by atoms with Crippen molar-refractivity contribution >= 4 is 22.0 Å². The van der Waals surface area contributed by atoms with Gasteiger partial charge < -0.3 is 5.32 Å². The molecule has 1 fully saturated rings. The number of sulfonamides is 1. The van der Waals surface area contributed by atoms with E-state index in [-0.39, 0.29) is 16.8 Å². The Hall–Kier alpha value is -1.66. The van der Waals surface area contributed by atoms with Crippen molar-refractivity contribution in [3.8, 4) is 0 Å². The molecular weight excluding hydrogens is 324 g/mol. The summed E-state index contributed by atoms with van der Waals surface area (Å²) in [5, 5.41) is 3.07. The summed E-state index contributed by atoms with van der Waals surface area (Å²) >= 11 is 0. The van der Waals surface area contributed by atoms with Gasteiger partial charge >= 0.3 is 0 Å². The summed E-state index contributed by atoms with van der Waals surface area (Å²) in [6.45, 7) is 0. The van der Waals surface area contributed by atoms with E-state index >= 15 is 0 Å². The van der Waals surface area contributed by atoms with Crippen molar-refractivity contribution in [3.63, 3.8) is 0 Å². The zero-order valence-corrected chi connectivity index (χ0v) is 14.9. The highest BCUT2D eigenvalue weighted by Gasteiger charge is 2.13. The van der Waals surface area contributed by atoms with Crippen molar-refractivity contribution in [2.75, 3.05) is 7.05 Å². The van der Waals surface area contributed by atoms with E-state index in [1.807, 2.05) is 0 Å². The molecule has 2 rings (SSSR count). The molecule has 2 N–H and O–H groups in total. The van der Waals surface area contributed by atoms with Gasteiger partial charge in [0.25, 0.3) is 0 Å². The smallest absolute Gasteiger partial charge is 0.244 e. The van der Waals surface area contributed by atoms with Crippen molar-refractivity contribution in [2.45, 2.75) is 55.9 Å². The van der Waals surface area contributed by atoms with Gasteiger partial charge in [0.2, 0.25) is 15.9 Å². The minimum atomic E-state index is -3.43. The lowest BCUT2D eigenvalue weighted by molar-refractivity contribution is -0.117. The van der Waals surface area contributed by atoms with Crippen LogP contribution in [0.15, 0.2) is 35.2 Å². The molecule has 0 unspecified atom stereocenters. The van der Waals surface area contributed by atoms with Gasteiger partial charge in [-0.3, -0.25) is 4.79 Å². The molecule has 132 valence electrons. The molecule has 1 aliphatic rings. The molecule has 24 heavy (non-hydrogen) atoms. The Morgan fingerprint density at radius 3 is 2.21 bits per heavy atom. The van der Waals surface area contributed by atoms with Crippen LogP contribution in [0.3, 0.4) is 0 Å². The second kappa shape index (κ2) is 8.99. The normalized spacial score (nSPS) is 17.4. The molecule has 0 bridgehead atoms. The maximum absolute atomic E-state index is 12.1. The van der Waals surface area contributed by atoms with Crippen LogP contribution in [0.25, 0.3) is 6.08 Å². The molecule has 5 nitrogen and oxygen atoms in total. The van der Waals surface area contributed by atoms with E-state index in [1.165, 1.54) is 57.4 Å². The van der Waals surface area contributed by atoms with Gasteiger partial charge in [-0.1, -0.05) is 44.2 Å². The Morgan fingerprint density at radius 1 is 1.04 bits per heavy atom. The van der Waals surface area contributed by atoms with E-state index in [1.54, 1.807) is 18.2 Å². The Bertz CT molecular complexity index is 658. The van der Waals surface area contributed by atoms with Gasteiger partial charge in [0, 0.05) is 12.1 Å². The summed E-state index contributed by atoms with van der Waals surface area (Å²) in [6, 6.07) is 6.69. The Kier molecular flexibility index (Phi) is 6.99. The molecule has 1 amide bonds. The molecule has 0 heterocycles. The number of hydrogen-bond acceptors (Lipinski definition) is 3. The van der Waals surface area contributed by atoms with Crippen LogP contribution >= 0.6 is 0 Å². The van der Waals surface area contributed by atoms with Crippen LogP contribution in [0.1, 0.15) is 50.5 Å². The first kappa shape index (κ1) is 18.7. The minimum Gasteiger partial charge on any atom is -0.350 e. The predicted molar refractivity (Wildman–Crippen MR) is 96.0 cm³/mol. The molecule has 0 aliphatic heterocycles. The molecule has 1 aliphatic carbocycles. The zero-order valence-electron chi connectivity index (χ0n) is 14.1. The molecule has 0 aromatic heterocycles. The monoisotopic (exact) mass is 350 g/mol. The van der Waals surface area contributed by atoms with E-state index in [4.69, 9.17) is 0 Å². The molecule has 6 heteroatoms. The number of rotatable bonds is 5. The molecule has 1 aromatic carbocycles. The molecule has 0 saturated heterocycles. The fraction of sp³-hybridized carbons (Fsp3) is 0.500. The largest absolute Gasteiger partial charge is 0.350 e. The second-order valence-electron chi connectivity index (χ2n) is 6.16. The minimum absolute atomic E-state index is 0.0903. The zero-order chi connectivity index (χ0) is 17.4. The highest BCUT2D eigenvalue weighted by molar-refractivity contribution is 7.89. The third-order valence-electron chi connectivity index (χ3n) is 4.34. The average molecular weight is 350 g/mol. The summed E-state index contributed by atoms with van der Waals surface area (Å²) < 4.78 is 25.6. The molecule has 1 saturated carbocycles. The van der Waals surface area contributed by atoms with Crippen LogP contribution in [-0.4, -0.2) is 27.4 Å². The van der Waals surface area contributed by atoms with Crippen molar-refractivity contribution < 1.29 is 13.2 Å². The van der Waals surface area contributed by atoms with Crippen LogP contribution in [0.4, 0.5) is 0 Å². The third kappa shape index (κ3) is 5.76. The number of benzene rings is 1. The summed E-state index contributed by atoms with van der Waals surface area (Å²) in [6.07, 6.45) is 11.5. The van der Waals surface area contributed by atoms with Gasteiger partial charge in [0.1, 0.15) is 0 Å². The Balaban J connectivity index is 1.91. The first-order chi connectivity index (χ1) is 11.5. The standard InChI is InChI=1S/C18H26N2O3S/c1-19-24(22,23)17-12-9-15(10-13-17)11-14-18(21)20-16-7-5-3-2-4-6-8-16/h9-14,16,19H,2-8H2,1H3,(H,20,21)/b14-11+. The van der Waals surface area contributed by atoms with Crippen molar-refractivity contribution in [1.82, 2.24) is 10.0 Å². The number of nitrogens with one attached hydrogen (secondary N) is 2. The summed E-state index contributed by atoms with van der Waals surface area (Å²) in [5.41, 5.74) is 0.790. The summed E-state index contributed by atoms with van der Waals surface area (Å²) in [7, 11) is -2.05. The molecule has 1 aromatic rings. The van der Waals surface area contributed by atoms with E-state index in [0.717, 1.165) is 18.4 Å². The van der Waals surface area contributed by atoms with E-state index in [9.17, 15) is 13.2 Å². The van der Waals surface area contributed by atoms with Crippen molar-refractivity contribution in [3.05, 3.63) is 35.9 Å². The van der Waals surface area contributed by atoms with Gasteiger partial charge in [-0.05, 0) is 43.7 Å². The van der Waals surface area contributed by atoms with Crippen LogP contribution < -0.4 is 10.0 Å².